The molecule has 0 bridgehead atoms. The summed E-state index contributed by atoms with van der Waals surface area (Å²) in [6.07, 6.45) is 1.63. The number of hydrogen-bond donors (Lipinski definition) is 1. The van der Waals surface area contributed by atoms with Crippen molar-refractivity contribution >= 4 is 5.97 Å². The molecule has 0 amide bonds. The monoisotopic (exact) mass is 209 g/mol. The summed E-state index contributed by atoms with van der Waals surface area (Å²) in [5.74, 6) is -0.934. The fraction of sp³-hybridized carbons (Fsp3) is 0.455. The van der Waals surface area contributed by atoms with Gasteiger partial charge in [-0.05, 0) is 32.4 Å². The molecule has 82 valence electrons. The number of carboxylic acid groups (broad SMARTS) is 1. The lowest BCUT2D eigenvalue weighted by molar-refractivity contribution is -0.142. The van der Waals surface area contributed by atoms with Gasteiger partial charge in [0.1, 0.15) is 0 Å². The normalized spacial score (nSPS) is 11.4. The second kappa shape index (κ2) is 3.88. The topological polar surface area (TPSA) is 59.3 Å². The van der Waals surface area contributed by atoms with Crippen molar-refractivity contribution in [1.29, 1.82) is 0 Å². The molecule has 0 fully saturated rings. The van der Waals surface area contributed by atoms with E-state index < -0.39 is 11.4 Å². The van der Waals surface area contributed by atoms with E-state index in [1.54, 1.807) is 26.1 Å². The fourth-order valence-electron chi connectivity index (χ4n) is 1.28. The van der Waals surface area contributed by atoms with E-state index in [9.17, 15) is 9.59 Å². The Morgan fingerprint density at radius 1 is 1.53 bits per heavy atom. The first-order chi connectivity index (χ1) is 6.89. The molecule has 1 rings (SSSR count). The van der Waals surface area contributed by atoms with Crippen LogP contribution >= 0.6 is 0 Å². The van der Waals surface area contributed by atoms with Crippen LogP contribution in [0.2, 0.25) is 0 Å². The summed E-state index contributed by atoms with van der Waals surface area (Å²) in [6, 6.07) is 3.07. The zero-order chi connectivity index (χ0) is 11.6. The highest BCUT2D eigenvalue weighted by atomic mass is 16.4. The molecule has 0 aromatic carbocycles. The van der Waals surface area contributed by atoms with Crippen molar-refractivity contribution in [2.45, 2.75) is 32.7 Å². The number of aryl methyl sites for hydroxylation is 1. The standard InChI is InChI=1S/C11H15NO3/c1-4-12-6-5-8(7-9(12)13)11(2,3)10(14)15/h5-7H,4H2,1-3H3,(H,14,15). The van der Waals surface area contributed by atoms with Crippen LogP contribution in [-0.2, 0) is 16.8 Å². The Labute approximate surface area is 88.2 Å². The van der Waals surface area contributed by atoms with Crippen LogP contribution < -0.4 is 5.56 Å². The molecule has 1 aromatic rings. The molecule has 4 heteroatoms. The molecule has 0 unspecified atom stereocenters. The van der Waals surface area contributed by atoms with E-state index in [1.807, 2.05) is 6.92 Å². The number of aliphatic carboxylic acids is 1. The van der Waals surface area contributed by atoms with Crippen molar-refractivity contribution in [2.75, 3.05) is 0 Å². The second-order valence-electron chi connectivity index (χ2n) is 3.97. The summed E-state index contributed by atoms with van der Waals surface area (Å²) in [7, 11) is 0. The number of carbonyl (C=O) groups is 1. The van der Waals surface area contributed by atoms with Gasteiger partial charge in [0.15, 0.2) is 0 Å². The van der Waals surface area contributed by atoms with Crippen molar-refractivity contribution in [2.24, 2.45) is 0 Å². The lowest BCUT2D eigenvalue weighted by atomic mass is 9.85. The van der Waals surface area contributed by atoms with Gasteiger partial charge in [-0.15, -0.1) is 0 Å². The van der Waals surface area contributed by atoms with Gasteiger partial charge in [-0.1, -0.05) is 0 Å². The largest absolute Gasteiger partial charge is 0.481 e. The maximum Gasteiger partial charge on any atom is 0.313 e. The minimum absolute atomic E-state index is 0.163. The summed E-state index contributed by atoms with van der Waals surface area (Å²) in [4.78, 5) is 22.5. The summed E-state index contributed by atoms with van der Waals surface area (Å²) >= 11 is 0. The van der Waals surface area contributed by atoms with Crippen LogP contribution in [0.4, 0.5) is 0 Å². The smallest absolute Gasteiger partial charge is 0.313 e. The first kappa shape index (κ1) is 11.5. The van der Waals surface area contributed by atoms with Crippen LogP contribution in [0.25, 0.3) is 0 Å². The van der Waals surface area contributed by atoms with Gasteiger partial charge in [-0.3, -0.25) is 9.59 Å². The van der Waals surface area contributed by atoms with Crippen molar-refractivity contribution in [3.8, 4) is 0 Å². The van der Waals surface area contributed by atoms with Crippen molar-refractivity contribution in [3.05, 3.63) is 34.2 Å². The molecule has 1 aromatic heterocycles. The zero-order valence-electron chi connectivity index (χ0n) is 9.15. The number of pyridine rings is 1. The molecule has 0 spiro atoms. The number of aromatic nitrogens is 1. The highest BCUT2D eigenvalue weighted by Crippen LogP contribution is 2.21. The van der Waals surface area contributed by atoms with Gasteiger partial charge >= 0.3 is 5.97 Å². The molecule has 1 heterocycles. The van der Waals surface area contributed by atoms with Gasteiger partial charge in [0, 0.05) is 18.8 Å². The first-order valence-corrected chi connectivity index (χ1v) is 4.84. The van der Waals surface area contributed by atoms with Crippen molar-refractivity contribution in [3.63, 3.8) is 0 Å². The van der Waals surface area contributed by atoms with Gasteiger partial charge in [-0.2, -0.15) is 0 Å². The third-order valence-electron chi connectivity index (χ3n) is 2.59. The molecule has 4 nitrogen and oxygen atoms in total. The SMILES string of the molecule is CCn1ccc(C(C)(C)C(=O)O)cc1=O. The van der Waals surface area contributed by atoms with Crippen molar-refractivity contribution in [1.82, 2.24) is 4.57 Å². The van der Waals surface area contributed by atoms with E-state index in [1.165, 1.54) is 10.6 Å². The van der Waals surface area contributed by atoms with Crippen LogP contribution in [-0.4, -0.2) is 15.6 Å². The molecule has 0 aliphatic heterocycles. The van der Waals surface area contributed by atoms with Crippen molar-refractivity contribution < 1.29 is 9.90 Å². The predicted molar refractivity (Wildman–Crippen MR) is 57.0 cm³/mol. The minimum atomic E-state index is -1.02. The summed E-state index contributed by atoms with van der Waals surface area (Å²) in [5, 5.41) is 9.00. The highest BCUT2D eigenvalue weighted by Gasteiger charge is 2.29. The molecule has 0 aliphatic rings. The van der Waals surface area contributed by atoms with Gasteiger partial charge in [0.05, 0.1) is 5.41 Å². The summed E-state index contributed by atoms with van der Waals surface area (Å²) in [5.41, 5.74) is -0.652. The van der Waals surface area contributed by atoms with Gasteiger partial charge < -0.3 is 9.67 Å². The molecule has 1 N–H and O–H groups in total. The zero-order valence-corrected chi connectivity index (χ0v) is 9.15. The third kappa shape index (κ3) is 2.09. The molecule has 0 saturated carbocycles. The first-order valence-electron chi connectivity index (χ1n) is 4.84. The van der Waals surface area contributed by atoms with Crippen LogP contribution in [0.5, 0.6) is 0 Å². The molecule has 0 radical (unpaired) electrons. The average Bonchev–Trinajstić information content (AvgIpc) is 2.17. The number of carboxylic acids is 1. The lowest BCUT2D eigenvalue weighted by Gasteiger charge is -2.19. The van der Waals surface area contributed by atoms with Gasteiger partial charge in [0.25, 0.3) is 5.56 Å². The molecule has 0 aliphatic carbocycles. The Bertz CT molecular complexity index is 432. The molecular formula is C11H15NO3. The van der Waals surface area contributed by atoms with Crippen LogP contribution in [0.1, 0.15) is 26.3 Å². The number of rotatable bonds is 3. The quantitative estimate of drug-likeness (QED) is 0.814. The molecular weight excluding hydrogens is 194 g/mol. The Hall–Kier alpha value is -1.58. The Balaban J connectivity index is 3.24. The minimum Gasteiger partial charge on any atom is -0.481 e. The Morgan fingerprint density at radius 3 is 2.53 bits per heavy atom. The second-order valence-corrected chi connectivity index (χ2v) is 3.97. The molecule has 0 atom stereocenters. The van der Waals surface area contributed by atoms with E-state index >= 15 is 0 Å². The van der Waals surface area contributed by atoms with Crippen LogP contribution in [0, 0.1) is 0 Å². The van der Waals surface area contributed by atoms with E-state index in [0.29, 0.717) is 12.1 Å². The van der Waals surface area contributed by atoms with E-state index in [-0.39, 0.29) is 5.56 Å². The highest BCUT2D eigenvalue weighted by molar-refractivity contribution is 5.80. The number of hydrogen-bond acceptors (Lipinski definition) is 2. The van der Waals surface area contributed by atoms with E-state index in [0.717, 1.165) is 0 Å². The summed E-state index contributed by atoms with van der Waals surface area (Å²) in [6.45, 7) is 5.62. The fourth-order valence-corrected chi connectivity index (χ4v) is 1.28. The number of nitrogens with zero attached hydrogens (tertiary/aromatic N) is 1. The Morgan fingerprint density at radius 2 is 2.13 bits per heavy atom. The van der Waals surface area contributed by atoms with Gasteiger partial charge in [-0.25, -0.2) is 0 Å². The maximum atomic E-state index is 11.5. The summed E-state index contributed by atoms with van der Waals surface area (Å²) < 4.78 is 1.53. The van der Waals surface area contributed by atoms with Gasteiger partial charge in [0.2, 0.25) is 0 Å². The molecule has 15 heavy (non-hydrogen) atoms. The lowest BCUT2D eigenvalue weighted by Crippen LogP contribution is -2.31. The van der Waals surface area contributed by atoms with Crippen LogP contribution in [0.3, 0.4) is 0 Å². The van der Waals surface area contributed by atoms with E-state index in [4.69, 9.17) is 5.11 Å². The van der Waals surface area contributed by atoms with Crippen LogP contribution in [0.15, 0.2) is 23.1 Å². The maximum absolute atomic E-state index is 11.5. The Kier molecular flexibility index (Phi) is 2.98. The van der Waals surface area contributed by atoms with E-state index in [2.05, 4.69) is 0 Å². The predicted octanol–water partition coefficient (Wildman–Crippen LogP) is 1.23. The molecule has 0 saturated heterocycles. The third-order valence-corrected chi connectivity index (χ3v) is 2.59. The average molecular weight is 209 g/mol.